The van der Waals surface area contributed by atoms with Gasteiger partial charge in [0.25, 0.3) is 0 Å². The van der Waals surface area contributed by atoms with Crippen LogP contribution >= 0.6 is 0 Å². The first-order valence-electron chi connectivity index (χ1n) is 9.59. The molecule has 130 valence electrons. The Morgan fingerprint density at radius 2 is 1.88 bits per heavy atom. The number of rotatable bonds is 5. The molecule has 1 aliphatic heterocycles. The highest BCUT2D eigenvalue weighted by atomic mass is 15.2. The number of anilines is 1. The summed E-state index contributed by atoms with van der Waals surface area (Å²) >= 11 is 0. The standard InChI is InChI=1S/C22H33N2/c1-22(2)19-13-7-8-14-20(19)24(21(22)15-17-23(3)4)16-9-12-18-10-5-6-11-18/h7-8,13-15,17-18H,5-6,9-12,16H2,1-4H3/q+1. The van der Waals surface area contributed by atoms with E-state index in [4.69, 9.17) is 0 Å². The van der Waals surface area contributed by atoms with Crippen molar-refractivity contribution < 1.29 is 4.58 Å². The van der Waals surface area contributed by atoms with E-state index in [2.05, 4.69) is 74.0 Å². The Labute approximate surface area is 147 Å². The SMILES string of the molecule is C[N+](C)=CC=C1N(CCCC2CCCC2)c2ccccc2C1(C)C. The molecule has 1 fully saturated rings. The molecule has 1 saturated carbocycles. The van der Waals surface area contributed by atoms with Gasteiger partial charge in [-0.15, -0.1) is 0 Å². The molecule has 0 saturated heterocycles. The summed E-state index contributed by atoms with van der Waals surface area (Å²) in [6.45, 7) is 5.86. The van der Waals surface area contributed by atoms with E-state index >= 15 is 0 Å². The maximum Gasteiger partial charge on any atom is 0.164 e. The molecule has 1 heterocycles. The van der Waals surface area contributed by atoms with Gasteiger partial charge in [0.2, 0.25) is 0 Å². The molecule has 0 N–H and O–H groups in total. The van der Waals surface area contributed by atoms with E-state index < -0.39 is 0 Å². The summed E-state index contributed by atoms with van der Waals surface area (Å²) in [5.74, 6) is 0.983. The van der Waals surface area contributed by atoms with E-state index in [0.717, 1.165) is 12.5 Å². The van der Waals surface area contributed by atoms with Crippen molar-refractivity contribution in [1.82, 2.24) is 0 Å². The normalized spacial score (nSPS) is 21.3. The molecule has 1 aliphatic carbocycles. The van der Waals surface area contributed by atoms with Gasteiger partial charge in [-0.3, -0.25) is 0 Å². The lowest BCUT2D eigenvalue weighted by Gasteiger charge is -2.27. The number of hydrogen-bond donors (Lipinski definition) is 0. The van der Waals surface area contributed by atoms with Crippen LogP contribution in [0.1, 0.15) is 57.9 Å². The molecule has 0 unspecified atom stereocenters. The van der Waals surface area contributed by atoms with Crippen molar-refractivity contribution >= 4 is 11.9 Å². The van der Waals surface area contributed by atoms with E-state index in [0.29, 0.717) is 0 Å². The number of nitrogens with zero attached hydrogens (tertiary/aromatic N) is 2. The lowest BCUT2D eigenvalue weighted by atomic mass is 9.84. The van der Waals surface area contributed by atoms with Crippen LogP contribution in [-0.2, 0) is 5.41 Å². The molecule has 0 bridgehead atoms. The van der Waals surface area contributed by atoms with Gasteiger partial charge in [-0.05, 0) is 30.4 Å². The van der Waals surface area contributed by atoms with Gasteiger partial charge in [-0.2, -0.15) is 0 Å². The first-order chi connectivity index (χ1) is 11.5. The lowest BCUT2D eigenvalue weighted by molar-refractivity contribution is -0.458. The Hall–Kier alpha value is -1.57. The molecule has 0 amide bonds. The first kappa shape index (κ1) is 17.3. The van der Waals surface area contributed by atoms with Crippen molar-refractivity contribution in [3.05, 3.63) is 41.6 Å². The molecule has 0 aromatic heterocycles. The Bertz CT molecular complexity index is 629. The second-order valence-electron chi connectivity index (χ2n) is 8.25. The second-order valence-corrected chi connectivity index (χ2v) is 8.25. The molecular weight excluding hydrogens is 292 g/mol. The highest BCUT2D eigenvalue weighted by Crippen LogP contribution is 2.47. The summed E-state index contributed by atoms with van der Waals surface area (Å²) in [5.41, 5.74) is 4.39. The van der Waals surface area contributed by atoms with Crippen LogP contribution in [0.4, 0.5) is 5.69 Å². The van der Waals surface area contributed by atoms with Crippen LogP contribution in [0.3, 0.4) is 0 Å². The second kappa shape index (κ2) is 7.13. The van der Waals surface area contributed by atoms with Gasteiger partial charge >= 0.3 is 0 Å². The third-order valence-electron chi connectivity index (χ3n) is 5.80. The summed E-state index contributed by atoms with van der Waals surface area (Å²) in [6.07, 6.45) is 13.0. The lowest BCUT2D eigenvalue weighted by Crippen LogP contribution is -2.27. The number of para-hydroxylation sites is 1. The van der Waals surface area contributed by atoms with Crippen molar-refractivity contribution in [3.63, 3.8) is 0 Å². The number of hydrogen-bond acceptors (Lipinski definition) is 1. The zero-order chi connectivity index (χ0) is 17.2. The van der Waals surface area contributed by atoms with Crippen molar-refractivity contribution in [2.45, 2.75) is 57.8 Å². The molecule has 1 aromatic rings. The predicted molar refractivity (Wildman–Crippen MR) is 104 cm³/mol. The molecule has 0 atom stereocenters. The maximum absolute atomic E-state index is 2.57. The largest absolute Gasteiger partial charge is 0.344 e. The van der Waals surface area contributed by atoms with Crippen molar-refractivity contribution in [3.8, 4) is 0 Å². The zero-order valence-corrected chi connectivity index (χ0v) is 15.9. The summed E-state index contributed by atoms with van der Waals surface area (Å²) in [7, 11) is 4.19. The fourth-order valence-corrected chi connectivity index (χ4v) is 4.44. The predicted octanol–water partition coefficient (Wildman–Crippen LogP) is 4.98. The van der Waals surface area contributed by atoms with E-state index in [1.165, 1.54) is 55.5 Å². The van der Waals surface area contributed by atoms with Gasteiger partial charge < -0.3 is 4.90 Å². The van der Waals surface area contributed by atoms with Gasteiger partial charge in [0, 0.05) is 29.4 Å². The zero-order valence-electron chi connectivity index (χ0n) is 15.9. The average molecular weight is 326 g/mol. The smallest absolute Gasteiger partial charge is 0.164 e. The van der Waals surface area contributed by atoms with Gasteiger partial charge in [-0.1, -0.05) is 57.7 Å². The molecule has 2 nitrogen and oxygen atoms in total. The fraction of sp³-hybridized carbons (Fsp3) is 0.591. The van der Waals surface area contributed by atoms with E-state index in [1.54, 1.807) is 0 Å². The first-order valence-corrected chi connectivity index (χ1v) is 9.59. The number of allylic oxidation sites excluding steroid dienone is 2. The van der Waals surface area contributed by atoms with Crippen LogP contribution in [0.25, 0.3) is 0 Å². The van der Waals surface area contributed by atoms with Crippen LogP contribution in [0.5, 0.6) is 0 Å². The molecule has 1 aromatic carbocycles. The summed E-state index contributed by atoms with van der Waals surface area (Å²) < 4.78 is 2.13. The third kappa shape index (κ3) is 3.43. The highest BCUT2D eigenvalue weighted by Gasteiger charge is 2.39. The Morgan fingerprint density at radius 1 is 1.17 bits per heavy atom. The molecule has 0 radical (unpaired) electrons. The molecule has 24 heavy (non-hydrogen) atoms. The number of fused-ring (bicyclic) bond motifs is 1. The van der Waals surface area contributed by atoms with Crippen molar-refractivity contribution in [1.29, 1.82) is 0 Å². The minimum absolute atomic E-state index is 0.0798. The molecular formula is C22H33N2+. The summed E-state index contributed by atoms with van der Waals surface area (Å²) in [6, 6.07) is 8.95. The van der Waals surface area contributed by atoms with Gasteiger partial charge in [-0.25, -0.2) is 4.58 Å². The van der Waals surface area contributed by atoms with E-state index in [1.807, 2.05) is 0 Å². The summed E-state index contributed by atoms with van der Waals surface area (Å²) in [4.78, 5) is 2.57. The Balaban J connectivity index is 1.82. The fourth-order valence-electron chi connectivity index (χ4n) is 4.44. The van der Waals surface area contributed by atoms with Crippen LogP contribution in [-0.4, -0.2) is 31.4 Å². The van der Waals surface area contributed by atoms with E-state index in [9.17, 15) is 0 Å². The van der Waals surface area contributed by atoms with Gasteiger partial charge in [0.15, 0.2) is 6.21 Å². The van der Waals surface area contributed by atoms with Crippen molar-refractivity contribution in [2.24, 2.45) is 5.92 Å². The molecule has 2 heteroatoms. The van der Waals surface area contributed by atoms with E-state index in [-0.39, 0.29) is 5.41 Å². The van der Waals surface area contributed by atoms with Crippen LogP contribution in [0, 0.1) is 5.92 Å². The molecule has 0 spiro atoms. The van der Waals surface area contributed by atoms with Crippen LogP contribution < -0.4 is 4.90 Å². The number of benzene rings is 1. The van der Waals surface area contributed by atoms with Gasteiger partial charge in [0.1, 0.15) is 14.1 Å². The topological polar surface area (TPSA) is 6.25 Å². The average Bonchev–Trinajstić information content (AvgIpc) is 3.12. The Morgan fingerprint density at radius 3 is 2.58 bits per heavy atom. The summed E-state index contributed by atoms with van der Waals surface area (Å²) in [5, 5.41) is 0. The maximum atomic E-state index is 2.57. The minimum Gasteiger partial charge on any atom is -0.344 e. The minimum atomic E-state index is 0.0798. The van der Waals surface area contributed by atoms with Gasteiger partial charge in [0.05, 0.1) is 0 Å². The Kier molecular flexibility index (Phi) is 5.12. The molecule has 2 aliphatic rings. The van der Waals surface area contributed by atoms with Crippen molar-refractivity contribution in [2.75, 3.05) is 25.5 Å². The van der Waals surface area contributed by atoms with Crippen LogP contribution in [0.15, 0.2) is 36.0 Å². The molecule has 3 rings (SSSR count). The monoisotopic (exact) mass is 325 g/mol. The van der Waals surface area contributed by atoms with Crippen LogP contribution in [0.2, 0.25) is 0 Å². The third-order valence-corrected chi connectivity index (χ3v) is 5.80. The quantitative estimate of drug-likeness (QED) is 0.546. The highest BCUT2D eigenvalue weighted by molar-refractivity contribution is 5.77.